The van der Waals surface area contributed by atoms with Crippen molar-refractivity contribution >= 4 is 16.0 Å². The van der Waals surface area contributed by atoms with Gasteiger partial charge in [-0.25, -0.2) is 17.5 Å². The normalized spacial score (nSPS) is 11.8. The quantitative estimate of drug-likeness (QED) is 0.879. The first-order chi connectivity index (χ1) is 7.80. The zero-order valence-electron chi connectivity index (χ0n) is 9.97. The van der Waals surface area contributed by atoms with Crippen LogP contribution in [0.1, 0.15) is 22.8 Å². The lowest BCUT2D eigenvalue weighted by Crippen LogP contribution is -2.23. The molecule has 0 aliphatic rings. The van der Waals surface area contributed by atoms with E-state index in [-0.39, 0.29) is 10.5 Å². The monoisotopic (exact) mass is 257 g/mol. The van der Waals surface area contributed by atoms with Crippen molar-refractivity contribution in [3.8, 4) is 0 Å². The van der Waals surface area contributed by atoms with Gasteiger partial charge in [0.15, 0.2) is 0 Å². The molecule has 1 rings (SSSR count). The van der Waals surface area contributed by atoms with Gasteiger partial charge in [-0.15, -0.1) is 0 Å². The average molecular weight is 257 g/mol. The number of benzene rings is 1. The Bertz CT molecular complexity index is 534. The zero-order valence-corrected chi connectivity index (χ0v) is 10.8. The molecule has 0 aromatic heterocycles. The summed E-state index contributed by atoms with van der Waals surface area (Å²) in [5, 5.41) is 8.87. The summed E-state index contributed by atoms with van der Waals surface area (Å²) in [6, 6.07) is 4.16. The maximum absolute atomic E-state index is 12.0. The summed E-state index contributed by atoms with van der Waals surface area (Å²) >= 11 is 0. The molecule has 0 bridgehead atoms. The maximum Gasteiger partial charge on any atom is 0.335 e. The van der Waals surface area contributed by atoms with Crippen LogP contribution in [-0.4, -0.2) is 37.9 Å². The van der Waals surface area contributed by atoms with Crippen LogP contribution in [0.3, 0.4) is 0 Å². The lowest BCUT2D eigenvalue weighted by atomic mass is 10.1. The molecule has 6 heteroatoms. The number of hydrogen-bond acceptors (Lipinski definition) is 3. The smallest absolute Gasteiger partial charge is 0.335 e. The van der Waals surface area contributed by atoms with Crippen molar-refractivity contribution < 1.29 is 18.3 Å². The molecule has 5 nitrogen and oxygen atoms in total. The second kappa shape index (κ2) is 4.85. The maximum atomic E-state index is 12.0. The molecule has 0 saturated heterocycles. The fourth-order valence-corrected chi connectivity index (χ4v) is 2.63. The van der Waals surface area contributed by atoms with Gasteiger partial charge >= 0.3 is 5.97 Å². The number of carboxylic acid groups (broad SMARTS) is 1. The van der Waals surface area contributed by atoms with Crippen molar-refractivity contribution in [2.24, 2.45) is 0 Å². The molecular formula is C11H15NO4S. The van der Waals surface area contributed by atoms with E-state index in [9.17, 15) is 13.2 Å². The first kappa shape index (κ1) is 13.7. The predicted molar refractivity (Wildman–Crippen MR) is 63.7 cm³/mol. The number of aryl methyl sites for hydroxylation is 1. The molecule has 0 fully saturated rings. The van der Waals surface area contributed by atoms with Crippen molar-refractivity contribution in [2.75, 3.05) is 14.1 Å². The minimum atomic E-state index is -3.61. The Balaban J connectivity index is 3.49. The van der Waals surface area contributed by atoms with Gasteiger partial charge in [-0.2, -0.15) is 0 Å². The van der Waals surface area contributed by atoms with Crippen LogP contribution in [0, 0.1) is 0 Å². The minimum absolute atomic E-state index is 0.0253. The number of nitrogens with zero attached hydrogens (tertiary/aromatic N) is 1. The molecule has 0 heterocycles. The van der Waals surface area contributed by atoms with Crippen LogP contribution in [0.25, 0.3) is 0 Å². The third kappa shape index (κ3) is 2.65. The molecule has 0 spiro atoms. The first-order valence-corrected chi connectivity index (χ1v) is 6.53. The SMILES string of the molecule is CCc1ccc(C(=O)O)cc1S(=O)(=O)N(C)C. The third-order valence-corrected chi connectivity index (χ3v) is 4.35. The molecule has 1 aromatic carbocycles. The van der Waals surface area contributed by atoms with Crippen molar-refractivity contribution in [3.05, 3.63) is 29.3 Å². The van der Waals surface area contributed by atoms with E-state index in [4.69, 9.17) is 5.11 Å². The lowest BCUT2D eigenvalue weighted by Gasteiger charge is -2.15. The molecule has 0 saturated carbocycles. The largest absolute Gasteiger partial charge is 0.478 e. The van der Waals surface area contributed by atoms with Gasteiger partial charge in [0.1, 0.15) is 0 Å². The third-order valence-electron chi connectivity index (χ3n) is 2.45. The molecule has 0 aliphatic heterocycles. The molecule has 0 unspecified atom stereocenters. The average Bonchev–Trinajstić information content (AvgIpc) is 2.27. The Morgan fingerprint density at radius 2 is 1.94 bits per heavy atom. The number of hydrogen-bond donors (Lipinski definition) is 1. The molecule has 0 aliphatic carbocycles. The Kier molecular flexibility index (Phi) is 3.90. The number of carbonyl (C=O) groups is 1. The number of carboxylic acids is 1. The molecule has 0 atom stereocenters. The standard InChI is InChI=1S/C11H15NO4S/c1-4-8-5-6-9(11(13)14)7-10(8)17(15,16)12(2)3/h5-7H,4H2,1-3H3,(H,13,14). The van der Waals surface area contributed by atoms with Crippen LogP contribution in [0.15, 0.2) is 23.1 Å². The highest BCUT2D eigenvalue weighted by Crippen LogP contribution is 2.21. The highest BCUT2D eigenvalue weighted by Gasteiger charge is 2.22. The highest BCUT2D eigenvalue weighted by atomic mass is 32.2. The van der Waals surface area contributed by atoms with E-state index in [1.54, 1.807) is 6.07 Å². The van der Waals surface area contributed by atoms with E-state index in [2.05, 4.69) is 0 Å². The topological polar surface area (TPSA) is 74.7 Å². The van der Waals surface area contributed by atoms with E-state index in [0.717, 1.165) is 4.31 Å². The molecule has 0 radical (unpaired) electrons. The Labute approximate surface area is 101 Å². The Hall–Kier alpha value is -1.40. The predicted octanol–water partition coefficient (Wildman–Crippen LogP) is 1.20. The van der Waals surface area contributed by atoms with Crippen molar-refractivity contribution in [1.82, 2.24) is 4.31 Å². The van der Waals surface area contributed by atoms with Gasteiger partial charge in [0.05, 0.1) is 10.5 Å². The summed E-state index contributed by atoms with van der Waals surface area (Å²) in [5.74, 6) is -1.14. The summed E-state index contributed by atoms with van der Waals surface area (Å²) in [6.07, 6.45) is 0.530. The molecule has 17 heavy (non-hydrogen) atoms. The fourth-order valence-electron chi connectivity index (χ4n) is 1.42. The van der Waals surface area contributed by atoms with E-state index in [0.29, 0.717) is 12.0 Å². The van der Waals surface area contributed by atoms with Crippen LogP contribution >= 0.6 is 0 Å². The van der Waals surface area contributed by atoms with E-state index in [1.165, 1.54) is 26.2 Å². The van der Waals surface area contributed by atoms with Gasteiger partial charge in [-0.1, -0.05) is 13.0 Å². The van der Waals surface area contributed by atoms with Gasteiger partial charge in [0, 0.05) is 14.1 Å². The van der Waals surface area contributed by atoms with E-state index in [1.807, 2.05) is 6.92 Å². The summed E-state index contributed by atoms with van der Waals surface area (Å²) < 4.78 is 25.1. The number of sulfonamides is 1. The van der Waals surface area contributed by atoms with Gasteiger partial charge in [0.2, 0.25) is 10.0 Å². The molecule has 0 amide bonds. The number of rotatable bonds is 4. The van der Waals surface area contributed by atoms with E-state index < -0.39 is 16.0 Å². The molecule has 94 valence electrons. The van der Waals surface area contributed by atoms with Crippen molar-refractivity contribution in [2.45, 2.75) is 18.2 Å². The summed E-state index contributed by atoms with van der Waals surface area (Å²) in [4.78, 5) is 10.9. The first-order valence-electron chi connectivity index (χ1n) is 5.09. The van der Waals surface area contributed by atoms with Gasteiger partial charge < -0.3 is 5.11 Å². The van der Waals surface area contributed by atoms with Crippen LogP contribution in [0.2, 0.25) is 0 Å². The second-order valence-corrected chi connectivity index (χ2v) is 5.89. The zero-order chi connectivity index (χ0) is 13.2. The van der Waals surface area contributed by atoms with Gasteiger partial charge in [-0.3, -0.25) is 0 Å². The van der Waals surface area contributed by atoms with E-state index >= 15 is 0 Å². The summed E-state index contributed by atoms with van der Waals surface area (Å²) in [5.41, 5.74) is 0.589. The molecule has 1 aromatic rings. The van der Waals surface area contributed by atoms with Crippen LogP contribution in [-0.2, 0) is 16.4 Å². The molecule has 1 N–H and O–H groups in total. The van der Waals surface area contributed by atoms with Crippen LogP contribution in [0.4, 0.5) is 0 Å². The summed E-state index contributed by atoms with van der Waals surface area (Å²) in [7, 11) is -0.768. The van der Waals surface area contributed by atoms with Gasteiger partial charge in [-0.05, 0) is 24.1 Å². The van der Waals surface area contributed by atoms with Crippen LogP contribution in [0.5, 0.6) is 0 Å². The summed E-state index contributed by atoms with van der Waals surface area (Å²) in [6.45, 7) is 1.82. The highest BCUT2D eigenvalue weighted by molar-refractivity contribution is 7.89. The van der Waals surface area contributed by atoms with Gasteiger partial charge in [0.25, 0.3) is 0 Å². The lowest BCUT2D eigenvalue weighted by molar-refractivity contribution is 0.0696. The minimum Gasteiger partial charge on any atom is -0.478 e. The Morgan fingerprint density at radius 3 is 2.35 bits per heavy atom. The number of aromatic carboxylic acids is 1. The fraction of sp³-hybridized carbons (Fsp3) is 0.364. The van der Waals surface area contributed by atoms with Crippen LogP contribution < -0.4 is 0 Å². The van der Waals surface area contributed by atoms with Crippen molar-refractivity contribution in [3.63, 3.8) is 0 Å². The second-order valence-electron chi connectivity index (χ2n) is 3.77. The molecular weight excluding hydrogens is 242 g/mol. The van der Waals surface area contributed by atoms with Crippen molar-refractivity contribution in [1.29, 1.82) is 0 Å². The Morgan fingerprint density at radius 1 is 1.35 bits per heavy atom.